The largest absolute Gasteiger partial charge is 0.369 e. The maximum atomic E-state index is 11.2. The number of nitrogens with two attached hydrogens (primary N) is 1. The fraction of sp³-hybridized carbons (Fsp3) is 0.500. The van der Waals surface area contributed by atoms with Gasteiger partial charge in [-0.15, -0.1) is 0 Å². The summed E-state index contributed by atoms with van der Waals surface area (Å²) in [5.74, 6) is -0.00361. The Labute approximate surface area is 82.8 Å². The third-order valence-corrected chi connectivity index (χ3v) is 3.12. The molecule has 0 aromatic carbocycles. The van der Waals surface area contributed by atoms with Crippen LogP contribution in [-0.2, 0) is 4.79 Å². The summed E-state index contributed by atoms with van der Waals surface area (Å²) in [6.07, 6.45) is 0.976. The molecule has 13 heavy (non-hydrogen) atoms. The molecule has 0 radical (unpaired) electrons. The number of amides is 1. The van der Waals surface area contributed by atoms with E-state index in [9.17, 15) is 4.79 Å². The van der Waals surface area contributed by atoms with Crippen LogP contribution in [0.4, 0.5) is 0 Å². The third kappa shape index (κ3) is 2.31. The fourth-order valence-electron chi connectivity index (χ4n) is 1.46. The average Bonchev–Trinajstić information content (AvgIpc) is 2.56. The number of rotatable bonds is 4. The third-order valence-electron chi connectivity index (χ3n) is 2.42. The molecule has 1 aromatic heterocycles. The first-order chi connectivity index (χ1) is 6.16. The van der Waals surface area contributed by atoms with Gasteiger partial charge in [-0.1, -0.05) is 20.3 Å². The zero-order valence-corrected chi connectivity index (χ0v) is 8.80. The van der Waals surface area contributed by atoms with Crippen molar-refractivity contribution < 1.29 is 4.79 Å². The van der Waals surface area contributed by atoms with Gasteiger partial charge in [-0.2, -0.15) is 11.3 Å². The molecule has 0 bridgehead atoms. The highest BCUT2D eigenvalue weighted by Crippen LogP contribution is 2.27. The standard InChI is InChI=1S/C10H15NOS/c1-3-7(2)9(10(11)12)8-4-5-13-6-8/h4-7,9H,3H2,1-2H3,(H2,11,12). The molecule has 0 saturated carbocycles. The van der Waals surface area contributed by atoms with E-state index in [-0.39, 0.29) is 11.8 Å². The highest BCUT2D eigenvalue weighted by molar-refractivity contribution is 7.08. The minimum Gasteiger partial charge on any atom is -0.369 e. The number of hydrogen-bond acceptors (Lipinski definition) is 2. The van der Waals surface area contributed by atoms with Crippen LogP contribution in [0.3, 0.4) is 0 Å². The van der Waals surface area contributed by atoms with Crippen molar-refractivity contribution in [1.29, 1.82) is 0 Å². The van der Waals surface area contributed by atoms with Gasteiger partial charge in [0.1, 0.15) is 0 Å². The second-order valence-corrected chi connectivity index (χ2v) is 4.10. The molecule has 2 unspecified atom stereocenters. The van der Waals surface area contributed by atoms with Crippen LogP contribution < -0.4 is 5.73 Å². The molecule has 0 fully saturated rings. The smallest absolute Gasteiger partial charge is 0.225 e. The van der Waals surface area contributed by atoms with Gasteiger partial charge < -0.3 is 5.73 Å². The van der Waals surface area contributed by atoms with E-state index in [2.05, 4.69) is 13.8 Å². The summed E-state index contributed by atoms with van der Waals surface area (Å²) in [5.41, 5.74) is 6.43. The molecule has 2 nitrogen and oxygen atoms in total. The van der Waals surface area contributed by atoms with Gasteiger partial charge in [-0.05, 0) is 28.3 Å². The van der Waals surface area contributed by atoms with Crippen LogP contribution in [0.5, 0.6) is 0 Å². The van der Waals surface area contributed by atoms with E-state index in [0.29, 0.717) is 5.92 Å². The van der Waals surface area contributed by atoms with Crippen molar-refractivity contribution in [3.8, 4) is 0 Å². The lowest BCUT2D eigenvalue weighted by molar-refractivity contribution is -0.120. The maximum absolute atomic E-state index is 11.2. The normalized spacial score (nSPS) is 15.2. The Hall–Kier alpha value is -0.830. The van der Waals surface area contributed by atoms with Gasteiger partial charge in [-0.3, -0.25) is 4.79 Å². The number of carbonyl (C=O) groups is 1. The van der Waals surface area contributed by atoms with Crippen molar-refractivity contribution in [1.82, 2.24) is 0 Å². The minimum atomic E-state index is -0.215. The molecular weight excluding hydrogens is 182 g/mol. The Morgan fingerprint density at radius 3 is 2.77 bits per heavy atom. The van der Waals surface area contributed by atoms with E-state index in [0.717, 1.165) is 12.0 Å². The van der Waals surface area contributed by atoms with E-state index in [1.165, 1.54) is 0 Å². The number of primary amides is 1. The molecule has 3 heteroatoms. The zero-order chi connectivity index (χ0) is 9.84. The van der Waals surface area contributed by atoms with Crippen molar-refractivity contribution in [2.45, 2.75) is 26.2 Å². The van der Waals surface area contributed by atoms with E-state index in [1.807, 2.05) is 16.8 Å². The van der Waals surface area contributed by atoms with Crippen LogP contribution in [0.25, 0.3) is 0 Å². The summed E-state index contributed by atoms with van der Waals surface area (Å²) >= 11 is 1.61. The van der Waals surface area contributed by atoms with Crippen molar-refractivity contribution in [3.05, 3.63) is 22.4 Å². The molecule has 1 heterocycles. The molecule has 0 spiro atoms. The predicted molar refractivity (Wildman–Crippen MR) is 55.7 cm³/mol. The van der Waals surface area contributed by atoms with Gasteiger partial charge in [0.2, 0.25) is 5.91 Å². The van der Waals surface area contributed by atoms with E-state index in [4.69, 9.17) is 5.73 Å². The lowest BCUT2D eigenvalue weighted by Gasteiger charge is -2.18. The Morgan fingerprint density at radius 2 is 2.38 bits per heavy atom. The van der Waals surface area contributed by atoms with Gasteiger partial charge in [0.15, 0.2) is 0 Å². The first-order valence-electron chi connectivity index (χ1n) is 4.48. The highest BCUT2D eigenvalue weighted by atomic mass is 32.1. The number of carbonyl (C=O) groups excluding carboxylic acids is 1. The van der Waals surface area contributed by atoms with Gasteiger partial charge in [0.25, 0.3) is 0 Å². The summed E-state index contributed by atoms with van der Waals surface area (Å²) in [7, 11) is 0. The SMILES string of the molecule is CCC(C)C(C(N)=O)c1ccsc1. The lowest BCUT2D eigenvalue weighted by Crippen LogP contribution is -2.26. The Balaban J connectivity index is 2.87. The minimum absolute atomic E-state index is 0.115. The van der Waals surface area contributed by atoms with Gasteiger partial charge >= 0.3 is 0 Å². The van der Waals surface area contributed by atoms with E-state index in [1.54, 1.807) is 11.3 Å². The van der Waals surface area contributed by atoms with Crippen LogP contribution in [0, 0.1) is 5.92 Å². The maximum Gasteiger partial charge on any atom is 0.225 e. The second kappa shape index (κ2) is 4.42. The zero-order valence-electron chi connectivity index (χ0n) is 7.99. The predicted octanol–water partition coefficient (Wildman–Crippen LogP) is 2.36. The van der Waals surface area contributed by atoms with Crippen LogP contribution in [0.1, 0.15) is 31.7 Å². The average molecular weight is 197 g/mol. The van der Waals surface area contributed by atoms with Gasteiger partial charge in [0, 0.05) is 0 Å². The molecule has 1 rings (SSSR count). The molecule has 2 N–H and O–H groups in total. The fourth-order valence-corrected chi connectivity index (χ4v) is 2.16. The molecule has 1 aromatic rings. The lowest BCUT2D eigenvalue weighted by atomic mass is 9.86. The van der Waals surface area contributed by atoms with Crippen LogP contribution in [0.15, 0.2) is 16.8 Å². The first kappa shape index (κ1) is 10.3. The summed E-state index contributed by atoms with van der Waals surface area (Å²) in [5, 5.41) is 3.98. The Bertz CT molecular complexity index is 268. The van der Waals surface area contributed by atoms with Crippen molar-refractivity contribution in [2.75, 3.05) is 0 Å². The van der Waals surface area contributed by atoms with Crippen molar-refractivity contribution >= 4 is 17.2 Å². The second-order valence-electron chi connectivity index (χ2n) is 3.32. The molecule has 0 saturated heterocycles. The molecule has 1 amide bonds. The van der Waals surface area contributed by atoms with Crippen molar-refractivity contribution in [3.63, 3.8) is 0 Å². The van der Waals surface area contributed by atoms with Gasteiger partial charge in [-0.25, -0.2) is 0 Å². The summed E-state index contributed by atoms with van der Waals surface area (Å²) in [6, 6.07) is 1.98. The summed E-state index contributed by atoms with van der Waals surface area (Å²) in [4.78, 5) is 11.2. The topological polar surface area (TPSA) is 43.1 Å². The molecule has 0 aliphatic carbocycles. The summed E-state index contributed by atoms with van der Waals surface area (Å²) < 4.78 is 0. The summed E-state index contributed by atoms with van der Waals surface area (Å²) in [6.45, 7) is 4.14. The monoisotopic (exact) mass is 197 g/mol. The van der Waals surface area contributed by atoms with Crippen LogP contribution in [0.2, 0.25) is 0 Å². The van der Waals surface area contributed by atoms with Crippen LogP contribution >= 0.6 is 11.3 Å². The molecule has 0 aliphatic rings. The molecule has 2 atom stereocenters. The molecular formula is C10H15NOS. The van der Waals surface area contributed by atoms with Crippen molar-refractivity contribution in [2.24, 2.45) is 11.7 Å². The highest BCUT2D eigenvalue weighted by Gasteiger charge is 2.23. The quantitative estimate of drug-likeness (QED) is 0.791. The van der Waals surface area contributed by atoms with E-state index >= 15 is 0 Å². The molecule has 72 valence electrons. The van der Waals surface area contributed by atoms with E-state index < -0.39 is 0 Å². The number of thiophene rings is 1. The Kier molecular flexibility index (Phi) is 3.48. The van der Waals surface area contributed by atoms with Crippen LogP contribution in [-0.4, -0.2) is 5.91 Å². The number of hydrogen-bond donors (Lipinski definition) is 1. The van der Waals surface area contributed by atoms with Gasteiger partial charge in [0.05, 0.1) is 5.92 Å². The molecule has 0 aliphatic heterocycles. The Morgan fingerprint density at radius 1 is 1.69 bits per heavy atom. The first-order valence-corrected chi connectivity index (χ1v) is 5.42.